The Bertz CT molecular complexity index is 1180. The van der Waals surface area contributed by atoms with Crippen LogP contribution in [0, 0.1) is 18.8 Å². The molecule has 1 aromatic carbocycles. The normalized spacial score (nSPS) is 18.3. The molecule has 2 aliphatic rings. The molecule has 3 heterocycles. The lowest BCUT2D eigenvalue weighted by atomic mass is 9.99. The van der Waals surface area contributed by atoms with E-state index < -0.39 is 12.0 Å². The van der Waals surface area contributed by atoms with Gasteiger partial charge in [-0.15, -0.1) is 0 Å². The topological polar surface area (TPSA) is 124 Å². The molecule has 4 rings (SSSR count). The van der Waals surface area contributed by atoms with Crippen LogP contribution in [-0.2, 0) is 20.9 Å². The second-order valence-corrected chi connectivity index (χ2v) is 10.5. The van der Waals surface area contributed by atoms with Crippen LogP contribution in [0.4, 0.5) is 5.13 Å². The maximum atomic E-state index is 13.3. The first kappa shape index (κ1) is 25.8. The SMILES string of the molecule is Cc1nc(NC(=O)C(C)C)sc1C(=O)NC[C@@H](C)C(=O)N[C@@H]1C(=O)N2CCCN2Cc2ccccc21. The number of aromatic nitrogens is 1. The smallest absolute Gasteiger partial charge is 0.264 e. The summed E-state index contributed by atoms with van der Waals surface area (Å²) in [6.07, 6.45) is 0.900. The predicted molar refractivity (Wildman–Crippen MR) is 136 cm³/mol. The zero-order chi connectivity index (χ0) is 26.0. The van der Waals surface area contributed by atoms with Crippen LogP contribution in [0.25, 0.3) is 0 Å². The summed E-state index contributed by atoms with van der Waals surface area (Å²) in [5, 5.41) is 12.5. The number of hydrogen-bond donors (Lipinski definition) is 3. The summed E-state index contributed by atoms with van der Waals surface area (Å²) in [6.45, 7) is 9.13. The second-order valence-electron chi connectivity index (χ2n) is 9.53. The molecule has 192 valence electrons. The van der Waals surface area contributed by atoms with E-state index in [9.17, 15) is 19.2 Å². The molecule has 2 atom stereocenters. The van der Waals surface area contributed by atoms with Gasteiger partial charge in [-0.2, -0.15) is 0 Å². The quantitative estimate of drug-likeness (QED) is 0.523. The van der Waals surface area contributed by atoms with Crippen molar-refractivity contribution in [2.75, 3.05) is 25.0 Å². The molecule has 10 nitrogen and oxygen atoms in total. The minimum absolute atomic E-state index is 0.0914. The van der Waals surface area contributed by atoms with Gasteiger partial charge in [-0.05, 0) is 24.5 Å². The van der Waals surface area contributed by atoms with Gasteiger partial charge in [0.25, 0.3) is 11.8 Å². The Kier molecular flexibility index (Phi) is 7.70. The van der Waals surface area contributed by atoms with Crippen molar-refractivity contribution in [1.82, 2.24) is 25.6 Å². The molecule has 36 heavy (non-hydrogen) atoms. The van der Waals surface area contributed by atoms with Crippen LogP contribution >= 0.6 is 11.3 Å². The molecule has 0 saturated carbocycles. The number of carbonyl (C=O) groups excluding carboxylic acids is 4. The van der Waals surface area contributed by atoms with Crippen molar-refractivity contribution in [2.45, 2.75) is 46.7 Å². The lowest BCUT2D eigenvalue weighted by Gasteiger charge is -2.28. The van der Waals surface area contributed by atoms with E-state index in [1.807, 2.05) is 29.3 Å². The Morgan fingerprint density at radius 2 is 1.89 bits per heavy atom. The first-order chi connectivity index (χ1) is 17.2. The fourth-order valence-electron chi connectivity index (χ4n) is 4.27. The fraction of sp³-hybridized carbons (Fsp3) is 0.480. The number of anilines is 1. The summed E-state index contributed by atoms with van der Waals surface area (Å²) < 4.78 is 0. The van der Waals surface area contributed by atoms with E-state index >= 15 is 0 Å². The highest BCUT2D eigenvalue weighted by Crippen LogP contribution is 2.30. The molecule has 0 spiro atoms. The largest absolute Gasteiger partial charge is 0.350 e. The van der Waals surface area contributed by atoms with Crippen molar-refractivity contribution in [3.63, 3.8) is 0 Å². The molecule has 1 saturated heterocycles. The van der Waals surface area contributed by atoms with Gasteiger partial charge in [0.2, 0.25) is 11.8 Å². The Balaban J connectivity index is 1.39. The molecule has 0 aliphatic carbocycles. The summed E-state index contributed by atoms with van der Waals surface area (Å²) in [5.74, 6) is -1.77. The Hall–Kier alpha value is -3.31. The lowest BCUT2D eigenvalue weighted by Crippen LogP contribution is -2.47. The highest BCUT2D eigenvalue weighted by Gasteiger charge is 2.38. The number of nitrogens with one attached hydrogen (secondary N) is 3. The van der Waals surface area contributed by atoms with Crippen LogP contribution in [0.15, 0.2) is 24.3 Å². The van der Waals surface area contributed by atoms with E-state index in [1.165, 1.54) is 0 Å². The highest BCUT2D eigenvalue weighted by molar-refractivity contribution is 7.17. The summed E-state index contributed by atoms with van der Waals surface area (Å²) in [5.41, 5.74) is 2.32. The number of thiazole rings is 1. The van der Waals surface area contributed by atoms with E-state index in [1.54, 1.807) is 32.7 Å². The van der Waals surface area contributed by atoms with E-state index in [4.69, 9.17) is 0 Å². The van der Waals surface area contributed by atoms with Gasteiger partial charge < -0.3 is 16.0 Å². The molecule has 0 bridgehead atoms. The van der Waals surface area contributed by atoms with Gasteiger partial charge in [0.1, 0.15) is 10.9 Å². The zero-order valence-electron chi connectivity index (χ0n) is 21.0. The number of rotatable bonds is 7. The summed E-state index contributed by atoms with van der Waals surface area (Å²) in [4.78, 5) is 55.7. The average molecular weight is 513 g/mol. The minimum atomic E-state index is -0.772. The molecular weight excluding hydrogens is 480 g/mol. The van der Waals surface area contributed by atoms with Crippen LogP contribution in [0.2, 0.25) is 0 Å². The molecular formula is C25H32N6O4S. The molecule has 11 heteroatoms. The standard InChI is InChI=1S/C25H32N6O4S/c1-14(2)21(32)29-25-27-16(4)20(36-25)23(34)26-12-15(3)22(33)28-19-18-9-6-5-8-17(18)13-30-10-7-11-31(30)24(19)35/h5-6,8-9,14-15,19H,7,10-13H2,1-4H3,(H,26,34)(H,28,33)(H,27,29,32)/t15-,19+/m1/s1. The number of hydrogen-bond acceptors (Lipinski definition) is 7. The van der Waals surface area contributed by atoms with Gasteiger partial charge >= 0.3 is 0 Å². The molecule has 2 aromatic rings. The van der Waals surface area contributed by atoms with Gasteiger partial charge in [0.05, 0.1) is 11.6 Å². The van der Waals surface area contributed by atoms with Crippen molar-refractivity contribution in [1.29, 1.82) is 0 Å². The second kappa shape index (κ2) is 10.8. The van der Waals surface area contributed by atoms with Crippen LogP contribution in [0.3, 0.4) is 0 Å². The zero-order valence-corrected chi connectivity index (χ0v) is 21.8. The maximum Gasteiger partial charge on any atom is 0.264 e. The maximum absolute atomic E-state index is 13.3. The Morgan fingerprint density at radius 3 is 2.64 bits per heavy atom. The van der Waals surface area contributed by atoms with Crippen LogP contribution in [0.1, 0.15) is 59.7 Å². The van der Waals surface area contributed by atoms with Crippen molar-refractivity contribution in [3.05, 3.63) is 46.0 Å². The molecule has 1 aromatic heterocycles. The van der Waals surface area contributed by atoms with Gasteiger partial charge in [-0.1, -0.05) is 56.4 Å². The van der Waals surface area contributed by atoms with Gasteiger partial charge in [-0.25, -0.2) is 9.99 Å². The molecule has 3 N–H and O–H groups in total. The van der Waals surface area contributed by atoms with Crippen molar-refractivity contribution < 1.29 is 19.2 Å². The van der Waals surface area contributed by atoms with Crippen molar-refractivity contribution >= 4 is 40.1 Å². The number of amides is 4. The van der Waals surface area contributed by atoms with Crippen LogP contribution < -0.4 is 16.0 Å². The Morgan fingerprint density at radius 1 is 1.14 bits per heavy atom. The van der Waals surface area contributed by atoms with Crippen molar-refractivity contribution in [2.24, 2.45) is 11.8 Å². The summed E-state index contributed by atoms with van der Waals surface area (Å²) in [7, 11) is 0. The van der Waals surface area contributed by atoms with Gasteiger partial charge in [0.15, 0.2) is 5.13 Å². The minimum Gasteiger partial charge on any atom is -0.350 e. The molecule has 4 amide bonds. The van der Waals surface area contributed by atoms with E-state index in [0.29, 0.717) is 28.8 Å². The van der Waals surface area contributed by atoms with E-state index in [-0.39, 0.29) is 36.1 Å². The van der Waals surface area contributed by atoms with E-state index in [0.717, 1.165) is 35.4 Å². The summed E-state index contributed by atoms with van der Waals surface area (Å²) >= 11 is 1.10. The van der Waals surface area contributed by atoms with Crippen LogP contribution in [-0.4, -0.2) is 58.3 Å². The monoisotopic (exact) mass is 512 g/mol. The Labute approximate surface area is 214 Å². The number of carbonyl (C=O) groups is 4. The fourth-order valence-corrected chi connectivity index (χ4v) is 5.16. The number of hydrazine groups is 1. The average Bonchev–Trinajstić information content (AvgIpc) is 3.44. The third-order valence-electron chi connectivity index (χ3n) is 6.41. The first-order valence-electron chi connectivity index (χ1n) is 12.2. The van der Waals surface area contributed by atoms with Crippen molar-refractivity contribution in [3.8, 4) is 0 Å². The third-order valence-corrected chi connectivity index (χ3v) is 7.48. The number of benzene rings is 1. The van der Waals surface area contributed by atoms with E-state index in [2.05, 4.69) is 20.9 Å². The summed E-state index contributed by atoms with van der Waals surface area (Å²) in [6, 6.07) is 6.91. The molecule has 0 radical (unpaired) electrons. The molecule has 2 aliphatic heterocycles. The number of nitrogens with zero attached hydrogens (tertiary/aromatic N) is 3. The van der Waals surface area contributed by atoms with Crippen LogP contribution in [0.5, 0.6) is 0 Å². The third kappa shape index (κ3) is 5.41. The predicted octanol–water partition coefficient (Wildman–Crippen LogP) is 2.23. The highest BCUT2D eigenvalue weighted by atomic mass is 32.1. The molecule has 0 unspecified atom stereocenters. The lowest BCUT2D eigenvalue weighted by molar-refractivity contribution is -0.148. The van der Waals surface area contributed by atoms with Gasteiger partial charge in [0, 0.05) is 32.1 Å². The number of aryl methyl sites for hydroxylation is 1. The van der Waals surface area contributed by atoms with Gasteiger partial charge in [-0.3, -0.25) is 24.2 Å². The molecule has 1 fully saturated rings. The number of fused-ring (bicyclic) bond motifs is 2. The first-order valence-corrected chi connectivity index (χ1v) is 13.0.